The van der Waals surface area contributed by atoms with E-state index in [2.05, 4.69) is 0 Å². The van der Waals surface area contributed by atoms with Crippen molar-refractivity contribution in [3.63, 3.8) is 0 Å². The minimum atomic E-state index is -0.0299. The number of benzene rings is 3. The molecule has 0 bridgehead atoms. The summed E-state index contributed by atoms with van der Waals surface area (Å²) in [5, 5.41) is 1.01. The van der Waals surface area contributed by atoms with E-state index in [0.717, 1.165) is 22.0 Å². The largest absolute Gasteiger partial charge is 0.289 e. The Hall–Kier alpha value is -2.57. The maximum Gasteiger partial charge on any atom is 0.193 e. The van der Waals surface area contributed by atoms with Crippen molar-refractivity contribution in [3.8, 4) is 0 Å². The highest BCUT2D eigenvalue weighted by Crippen LogP contribution is 2.29. The number of rotatable bonds is 5. The van der Waals surface area contributed by atoms with Crippen LogP contribution in [-0.2, 0) is 0 Å². The topological polar surface area (TPSA) is 34.1 Å². The maximum atomic E-state index is 13.0. The average molecular weight is 360 g/mol. The van der Waals surface area contributed by atoms with Gasteiger partial charge in [-0.25, -0.2) is 0 Å². The summed E-state index contributed by atoms with van der Waals surface area (Å²) in [5.74, 6) is -0.0299. The Kier molecular flexibility index (Phi) is 5.44. The number of carbonyl (C=O) groups is 2. The predicted octanol–water partition coefficient (Wildman–Crippen LogP) is 4.99. The molecule has 0 N–H and O–H groups in total. The second kappa shape index (κ2) is 7.76. The maximum absolute atomic E-state index is 13.0. The Morgan fingerprint density at radius 3 is 1.88 bits per heavy atom. The lowest BCUT2D eigenvalue weighted by atomic mass is 9.89. The molecular formula is C23H21O2P. The van der Waals surface area contributed by atoms with Crippen LogP contribution in [0.15, 0.2) is 66.7 Å². The van der Waals surface area contributed by atoms with E-state index < -0.39 is 0 Å². The molecule has 1 atom stereocenters. The molecule has 0 aliphatic carbocycles. The molecule has 26 heavy (non-hydrogen) atoms. The molecule has 0 fully saturated rings. The molecule has 0 aliphatic rings. The van der Waals surface area contributed by atoms with Gasteiger partial charge in [-0.15, -0.1) is 0 Å². The van der Waals surface area contributed by atoms with Gasteiger partial charge in [0.05, 0.1) is 0 Å². The molecule has 0 amide bonds. The van der Waals surface area contributed by atoms with Crippen LogP contribution in [0.3, 0.4) is 0 Å². The zero-order valence-electron chi connectivity index (χ0n) is 15.2. The second-order valence-electron chi connectivity index (χ2n) is 6.40. The van der Waals surface area contributed by atoms with Crippen LogP contribution in [0.5, 0.6) is 0 Å². The highest BCUT2D eigenvalue weighted by Gasteiger charge is 2.22. The van der Waals surface area contributed by atoms with Crippen LogP contribution in [0, 0.1) is 20.8 Å². The van der Waals surface area contributed by atoms with Gasteiger partial charge in [0.2, 0.25) is 0 Å². The molecule has 3 heteroatoms. The lowest BCUT2D eigenvalue weighted by Gasteiger charge is -2.16. The predicted molar refractivity (Wildman–Crippen MR) is 109 cm³/mol. The summed E-state index contributed by atoms with van der Waals surface area (Å²) in [6, 6.07) is 20.9. The Morgan fingerprint density at radius 1 is 0.731 bits per heavy atom. The Balaban J connectivity index is 2.04. The van der Waals surface area contributed by atoms with Gasteiger partial charge in [0, 0.05) is 16.7 Å². The van der Waals surface area contributed by atoms with Crippen LogP contribution in [0.4, 0.5) is 0 Å². The van der Waals surface area contributed by atoms with E-state index in [-0.39, 0.29) is 19.9 Å². The fraction of sp³-hybridized carbons (Fsp3) is 0.130. The minimum absolute atomic E-state index is 0.0299. The number of hydrogen-bond donors (Lipinski definition) is 0. The molecule has 0 aliphatic heterocycles. The Labute approximate surface area is 156 Å². The molecule has 0 spiro atoms. The number of carbonyl (C=O) groups excluding carboxylic acids is 2. The van der Waals surface area contributed by atoms with Gasteiger partial charge in [0.15, 0.2) is 11.3 Å². The Bertz CT molecular complexity index is 961. The molecule has 0 radical (unpaired) electrons. The van der Waals surface area contributed by atoms with Gasteiger partial charge >= 0.3 is 0 Å². The van der Waals surface area contributed by atoms with Gasteiger partial charge < -0.3 is 0 Å². The molecule has 0 heterocycles. The van der Waals surface area contributed by atoms with Crippen LogP contribution in [-0.4, -0.2) is 11.3 Å². The molecule has 3 aromatic rings. The third kappa shape index (κ3) is 3.66. The van der Waals surface area contributed by atoms with Crippen LogP contribution in [0.2, 0.25) is 0 Å². The van der Waals surface area contributed by atoms with Crippen molar-refractivity contribution in [1.29, 1.82) is 0 Å². The highest BCUT2D eigenvalue weighted by atomic mass is 31.1. The van der Waals surface area contributed by atoms with Crippen LogP contribution < -0.4 is 5.30 Å². The summed E-state index contributed by atoms with van der Waals surface area (Å²) in [4.78, 5) is 26.0. The average Bonchev–Trinajstić information content (AvgIpc) is 2.62. The molecule has 3 aromatic carbocycles. The number of hydrogen-bond acceptors (Lipinski definition) is 2. The van der Waals surface area contributed by atoms with Crippen LogP contribution >= 0.6 is 8.58 Å². The van der Waals surface area contributed by atoms with E-state index in [0.29, 0.717) is 16.7 Å². The highest BCUT2D eigenvalue weighted by molar-refractivity contribution is 7.66. The zero-order chi connectivity index (χ0) is 18.7. The summed E-state index contributed by atoms with van der Waals surface area (Å²) in [7, 11) is 0.0515. The molecule has 130 valence electrons. The van der Waals surface area contributed by atoms with E-state index in [9.17, 15) is 9.59 Å². The third-order valence-corrected chi connectivity index (χ3v) is 5.59. The molecule has 0 saturated carbocycles. The van der Waals surface area contributed by atoms with Crippen molar-refractivity contribution in [1.82, 2.24) is 0 Å². The summed E-state index contributed by atoms with van der Waals surface area (Å²) in [6.45, 7) is 5.77. The van der Waals surface area contributed by atoms with Crippen LogP contribution in [0.1, 0.15) is 43.0 Å². The number of aryl methyl sites for hydroxylation is 2. The first-order chi connectivity index (χ1) is 12.5. The van der Waals surface area contributed by atoms with E-state index in [1.165, 1.54) is 0 Å². The monoisotopic (exact) mass is 360 g/mol. The molecular weight excluding hydrogens is 339 g/mol. The van der Waals surface area contributed by atoms with Crippen LogP contribution in [0.25, 0.3) is 0 Å². The fourth-order valence-electron chi connectivity index (χ4n) is 3.33. The second-order valence-corrected chi connectivity index (χ2v) is 7.68. The summed E-state index contributed by atoms with van der Waals surface area (Å²) in [6.07, 6.45) is 0. The first kappa shape index (κ1) is 18.2. The van der Waals surface area contributed by atoms with Gasteiger partial charge in [-0.3, -0.25) is 9.59 Å². The Morgan fingerprint density at radius 2 is 1.27 bits per heavy atom. The molecule has 0 aromatic heterocycles. The quantitative estimate of drug-likeness (QED) is 0.475. The SMILES string of the molecule is Cc1cc(C)c(C(=O)c2ccccc2)c(C)c1C(=O)Pc1ccccc1. The molecule has 0 saturated heterocycles. The van der Waals surface area contributed by atoms with E-state index in [4.69, 9.17) is 0 Å². The van der Waals surface area contributed by atoms with Gasteiger partial charge in [-0.2, -0.15) is 0 Å². The van der Waals surface area contributed by atoms with Crippen molar-refractivity contribution in [2.24, 2.45) is 0 Å². The van der Waals surface area contributed by atoms with E-state index >= 15 is 0 Å². The lowest BCUT2D eigenvalue weighted by Crippen LogP contribution is -2.12. The van der Waals surface area contributed by atoms with Gasteiger partial charge in [0.25, 0.3) is 0 Å². The third-order valence-electron chi connectivity index (χ3n) is 4.49. The lowest BCUT2D eigenvalue weighted by molar-refractivity contribution is 0.103. The van der Waals surface area contributed by atoms with Crippen molar-refractivity contribution in [3.05, 3.63) is 100 Å². The summed E-state index contributed by atoms with van der Waals surface area (Å²) >= 11 is 0. The molecule has 1 unspecified atom stereocenters. The van der Waals surface area contributed by atoms with Crippen molar-refractivity contribution < 1.29 is 9.59 Å². The van der Waals surface area contributed by atoms with E-state index in [1.807, 2.05) is 87.5 Å². The van der Waals surface area contributed by atoms with Crippen molar-refractivity contribution >= 4 is 25.2 Å². The first-order valence-electron chi connectivity index (χ1n) is 8.56. The smallest absolute Gasteiger partial charge is 0.193 e. The molecule has 3 rings (SSSR count). The minimum Gasteiger partial charge on any atom is -0.289 e. The fourth-order valence-corrected chi connectivity index (χ4v) is 4.46. The van der Waals surface area contributed by atoms with Gasteiger partial charge in [-0.05, 0) is 51.3 Å². The van der Waals surface area contributed by atoms with Crippen molar-refractivity contribution in [2.75, 3.05) is 0 Å². The van der Waals surface area contributed by atoms with Crippen molar-refractivity contribution in [2.45, 2.75) is 20.8 Å². The summed E-state index contributed by atoms with van der Waals surface area (Å²) in [5.41, 5.74) is 4.66. The van der Waals surface area contributed by atoms with Gasteiger partial charge in [-0.1, -0.05) is 66.7 Å². The number of ketones is 1. The normalized spacial score (nSPS) is 11.0. The van der Waals surface area contributed by atoms with E-state index in [1.54, 1.807) is 0 Å². The van der Waals surface area contributed by atoms with Gasteiger partial charge in [0.1, 0.15) is 0 Å². The first-order valence-corrected chi connectivity index (χ1v) is 9.56. The standard InChI is InChI=1S/C23H21O2P/c1-15-14-16(2)21(23(25)26-19-12-8-5-9-13-19)17(3)20(15)22(24)18-10-6-4-7-11-18/h4-14,26H,1-3H3. The molecule has 2 nitrogen and oxygen atoms in total. The zero-order valence-corrected chi connectivity index (χ0v) is 16.2. The summed E-state index contributed by atoms with van der Waals surface area (Å²) < 4.78 is 0.